The Morgan fingerprint density at radius 2 is 2.22 bits per heavy atom. The Hall–Kier alpha value is -1.72. The van der Waals surface area contributed by atoms with Gasteiger partial charge in [0.15, 0.2) is 0 Å². The fraction of sp³-hybridized carbons (Fsp3) is 0.385. The highest BCUT2D eigenvalue weighted by atomic mass is 16.5. The molecule has 0 saturated carbocycles. The Morgan fingerprint density at radius 1 is 1.33 bits per heavy atom. The number of nitrogens with one attached hydrogen (secondary N) is 1. The summed E-state index contributed by atoms with van der Waals surface area (Å²) in [5, 5.41) is 12.1. The lowest BCUT2D eigenvalue weighted by Gasteiger charge is -2.07. The van der Waals surface area contributed by atoms with Gasteiger partial charge in [0.25, 0.3) is 0 Å². The maximum Gasteiger partial charge on any atom is 0.0969 e. The van der Waals surface area contributed by atoms with Crippen molar-refractivity contribution in [1.82, 2.24) is 20.3 Å². The largest absolute Gasteiger partial charge is 0.380 e. The molecule has 0 spiro atoms. The Kier molecular flexibility index (Phi) is 3.34. The van der Waals surface area contributed by atoms with Gasteiger partial charge in [0.2, 0.25) is 0 Å². The summed E-state index contributed by atoms with van der Waals surface area (Å²) in [4.78, 5) is 1.65. The third-order valence-electron chi connectivity index (χ3n) is 3.03. The van der Waals surface area contributed by atoms with Gasteiger partial charge in [-0.15, -0.1) is 0 Å². The molecule has 1 aromatic heterocycles. The molecule has 1 N–H and O–H groups in total. The van der Waals surface area contributed by atoms with Gasteiger partial charge in [-0.3, -0.25) is 0 Å². The van der Waals surface area contributed by atoms with E-state index < -0.39 is 0 Å². The van der Waals surface area contributed by atoms with Crippen molar-refractivity contribution < 1.29 is 4.74 Å². The molecule has 2 aromatic rings. The second kappa shape index (κ2) is 5.29. The van der Waals surface area contributed by atoms with E-state index in [1.165, 1.54) is 0 Å². The smallest absolute Gasteiger partial charge is 0.0969 e. The molecule has 0 aliphatic carbocycles. The predicted molar refractivity (Wildman–Crippen MR) is 67.4 cm³/mol. The number of aromatic nitrogens is 3. The molecule has 0 radical (unpaired) electrons. The van der Waals surface area contributed by atoms with Crippen LogP contribution in [0.15, 0.2) is 36.5 Å². The number of rotatable bonds is 4. The van der Waals surface area contributed by atoms with Crippen molar-refractivity contribution in [2.75, 3.05) is 13.2 Å². The average Bonchev–Trinajstić information content (AvgIpc) is 3.09. The maximum absolute atomic E-state index is 5.32. The van der Waals surface area contributed by atoms with Gasteiger partial charge in [0.1, 0.15) is 0 Å². The molecule has 0 bridgehead atoms. The first-order chi connectivity index (χ1) is 8.92. The second-order valence-corrected chi connectivity index (χ2v) is 4.40. The van der Waals surface area contributed by atoms with Crippen molar-refractivity contribution in [2.45, 2.75) is 19.0 Å². The van der Waals surface area contributed by atoms with Crippen molar-refractivity contribution in [3.63, 3.8) is 0 Å². The van der Waals surface area contributed by atoms with Crippen molar-refractivity contribution in [1.29, 1.82) is 0 Å². The summed E-state index contributed by atoms with van der Waals surface area (Å²) in [6, 6.07) is 10.4. The van der Waals surface area contributed by atoms with E-state index in [9.17, 15) is 0 Å². The van der Waals surface area contributed by atoms with E-state index in [-0.39, 0.29) is 0 Å². The van der Waals surface area contributed by atoms with Crippen LogP contribution in [0.4, 0.5) is 0 Å². The molecular formula is C13H16N4O. The van der Waals surface area contributed by atoms with Gasteiger partial charge in [-0.2, -0.15) is 15.0 Å². The molecule has 2 heterocycles. The molecule has 1 aromatic carbocycles. The number of nitrogens with zero attached hydrogens (tertiary/aromatic N) is 3. The zero-order valence-corrected chi connectivity index (χ0v) is 10.1. The number of para-hydroxylation sites is 1. The fourth-order valence-electron chi connectivity index (χ4n) is 2.01. The number of hydrogen-bond donors (Lipinski definition) is 1. The first-order valence-corrected chi connectivity index (χ1v) is 6.19. The van der Waals surface area contributed by atoms with Gasteiger partial charge in [-0.25, -0.2) is 0 Å². The van der Waals surface area contributed by atoms with Crippen molar-refractivity contribution >= 4 is 0 Å². The van der Waals surface area contributed by atoms with Crippen LogP contribution in [0.5, 0.6) is 0 Å². The maximum atomic E-state index is 5.32. The molecule has 1 unspecified atom stereocenters. The van der Waals surface area contributed by atoms with Crippen LogP contribution in [0.25, 0.3) is 5.69 Å². The summed E-state index contributed by atoms with van der Waals surface area (Å²) < 4.78 is 5.32. The lowest BCUT2D eigenvalue weighted by atomic mass is 10.2. The van der Waals surface area contributed by atoms with Gasteiger partial charge in [-0.05, 0) is 18.6 Å². The molecular weight excluding hydrogens is 228 g/mol. The number of ether oxygens (including phenoxy) is 1. The van der Waals surface area contributed by atoms with E-state index in [2.05, 4.69) is 15.5 Å². The monoisotopic (exact) mass is 244 g/mol. The van der Waals surface area contributed by atoms with Crippen LogP contribution in [0.2, 0.25) is 0 Å². The van der Waals surface area contributed by atoms with Crippen molar-refractivity contribution in [2.24, 2.45) is 0 Å². The minimum Gasteiger partial charge on any atom is -0.380 e. The highest BCUT2D eigenvalue weighted by Gasteiger charge is 2.15. The lowest BCUT2D eigenvalue weighted by Crippen LogP contribution is -2.28. The molecule has 1 aliphatic rings. The minimum absolute atomic E-state index is 0.451. The molecule has 5 nitrogen and oxygen atoms in total. The summed E-state index contributed by atoms with van der Waals surface area (Å²) in [6.07, 6.45) is 2.88. The summed E-state index contributed by atoms with van der Waals surface area (Å²) in [6.45, 7) is 2.39. The molecule has 1 atom stereocenters. The highest BCUT2D eigenvalue weighted by molar-refractivity contribution is 5.28. The lowest BCUT2D eigenvalue weighted by molar-refractivity contribution is 0.189. The predicted octanol–water partition coefficient (Wildman–Crippen LogP) is 1.15. The summed E-state index contributed by atoms with van der Waals surface area (Å²) >= 11 is 0. The molecule has 18 heavy (non-hydrogen) atoms. The van der Waals surface area contributed by atoms with E-state index >= 15 is 0 Å². The van der Waals surface area contributed by atoms with Gasteiger partial charge in [-0.1, -0.05) is 18.2 Å². The first kappa shape index (κ1) is 11.4. The van der Waals surface area contributed by atoms with Crippen LogP contribution in [-0.4, -0.2) is 34.2 Å². The van der Waals surface area contributed by atoms with Gasteiger partial charge in [0.05, 0.1) is 24.2 Å². The molecule has 5 heteroatoms. The van der Waals surface area contributed by atoms with E-state index in [0.717, 1.165) is 37.6 Å². The Labute approximate surface area is 106 Å². The van der Waals surface area contributed by atoms with Crippen LogP contribution in [0.3, 0.4) is 0 Å². The topological polar surface area (TPSA) is 52.0 Å². The first-order valence-electron chi connectivity index (χ1n) is 6.19. The van der Waals surface area contributed by atoms with Crippen LogP contribution in [0.1, 0.15) is 12.1 Å². The second-order valence-electron chi connectivity index (χ2n) is 4.40. The number of benzene rings is 1. The Bertz CT molecular complexity index is 491. The SMILES string of the molecule is c1ccc(-n2ncc(CNC3CCOC3)n2)cc1. The summed E-state index contributed by atoms with van der Waals surface area (Å²) in [7, 11) is 0. The van der Waals surface area contributed by atoms with Gasteiger partial charge >= 0.3 is 0 Å². The molecule has 1 saturated heterocycles. The third kappa shape index (κ3) is 2.57. The van der Waals surface area contributed by atoms with E-state index in [1.807, 2.05) is 30.3 Å². The number of hydrogen-bond acceptors (Lipinski definition) is 4. The minimum atomic E-state index is 0.451. The third-order valence-corrected chi connectivity index (χ3v) is 3.03. The van der Waals surface area contributed by atoms with Gasteiger partial charge in [0, 0.05) is 19.2 Å². The molecule has 0 amide bonds. The Morgan fingerprint density at radius 3 is 3.00 bits per heavy atom. The zero-order chi connectivity index (χ0) is 12.2. The summed E-state index contributed by atoms with van der Waals surface area (Å²) in [5.74, 6) is 0. The van der Waals surface area contributed by atoms with Crippen LogP contribution < -0.4 is 5.32 Å². The van der Waals surface area contributed by atoms with E-state index in [1.54, 1.807) is 11.0 Å². The van der Waals surface area contributed by atoms with Crippen LogP contribution >= 0.6 is 0 Å². The summed E-state index contributed by atoms with van der Waals surface area (Å²) in [5.41, 5.74) is 1.93. The quantitative estimate of drug-likeness (QED) is 0.876. The van der Waals surface area contributed by atoms with Crippen LogP contribution in [-0.2, 0) is 11.3 Å². The standard InChI is InChI=1S/C13H16N4O/c1-2-4-13(5-3-1)17-15-9-12(16-17)8-14-11-6-7-18-10-11/h1-5,9,11,14H,6-8,10H2. The fourth-order valence-corrected chi connectivity index (χ4v) is 2.01. The molecule has 1 aliphatic heterocycles. The van der Waals surface area contributed by atoms with Crippen molar-refractivity contribution in [3.8, 4) is 5.69 Å². The zero-order valence-electron chi connectivity index (χ0n) is 10.1. The highest BCUT2D eigenvalue weighted by Crippen LogP contribution is 2.06. The van der Waals surface area contributed by atoms with Crippen molar-refractivity contribution in [3.05, 3.63) is 42.2 Å². The van der Waals surface area contributed by atoms with E-state index in [4.69, 9.17) is 4.74 Å². The normalized spacial score (nSPS) is 19.2. The molecule has 3 rings (SSSR count). The van der Waals surface area contributed by atoms with Crippen LogP contribution in [0, 0.1) is 0 Å². The molecule has 1 fully saturated rings. The molecule has 94 valence electrons. The van der Waals surface area contributed by atoms with Gasteiger partial charge < -0.3 is 10.1 Å². The van der Waals surface area contributed by atoms with E-state index in [0.29, 0.717) is 6.04 Å². The average molecular weight is 244 g/mol. The Balaban J connectivity index is 1.63.